The summed E-state index contributed by atoms with van der Waals surface area (Å²) in [6.07, 6.45) is 0. The van der Waals surface area contributed by atoms with Gasteiger partial charge in [-0.2, -0.15) is 5.11 Å². The zero-order valence-electron chi connectivity index (χ0n) is 14.7. The van der Waals surface area contributed by atoms with Crippen molar-refractivity contribution in [1.82, 2.24) is 9.47 Å². The number of rotatable bonds is 3. The molecule has 128 valence electrons. The average molecular weight is 398 g/mol. The topological polar surface area (TPSA) is 45.2 Å². The van der Waals surface area contributed by atoms with E-state index >= 15 is 0 Å². The third kappa shape index (κ3) is 3.64. The Morgan fingerprint density at radius 2 is 1.68 bits per heavy atom. The maximum atomic E-state index is 4.77. The molecule has 3 aromatic rings. The van der Waals surface area contributed by atoms with E-state index in [9.17, 15) is 0 Å². The van der Waals surface area contributed by atoms with Gasteiger partial charge in [0, 0.05) is 31.0 Å². The van der Waals surface area contributed by atoms with Crippen LogP contribution in [-0.4, -0.2) is 29.4 Å². The molecule has 1 aromatic heterocycles. The van der Waals surface area contributed by atoms with Crippen molar-refractivity contribution in [3.8, 4) is 0 Å². The predicted octanol–water partition coefficient (Wildman–Crippen LogP) is 5.97. The van der Waals surface area contributed by atoms with Crippen LogP contribution in [0, 0.1) is 0 Å². The van der Waals surface area contributed by atoms with Gasteiger partial charge in [0.05, 0.1) is 11.2 Å². The Balaban J connectivity index is 2.15. The number of benzene rings is 2. The van der Waals surface area contributed by atoms with Crippen molar-refractivity contribution in [2.24, 2.45) is 22.3 Å². The Morgan fingerprint density at radius 3 is 2.36 bits per heavy atom. The standard InChI is InChI=1S/C19H20BrN5/c1-13(24(2)3)21-19-18(16-7-5-6-8-17(16)25(19)4)23-22-15-11-9-14(20)10-12-15/h5-12H,1-4H3/b21-13+,23-22?. The summed E-state index contributed by atoms with van der Waals surface area (Å²) in [6.45, 7) is 1.98. The Hall–Kier alpha value is -2.47. The second kappa shape index (κ2) is 7.19. The van der Waals surface area contributed by atoms with E-state index < -0.39 is 0 Å². The molecule has 0 unspecified atom stereocenters. The summed E-state index contributed by atoms with van der Waals surface area (Å²) in [5.41, 5.74) is 2.66. The number of hydrogen-bond donors (Lipinski definition) is 0. The van der Waals surface area contributed by atoms with Gasteiger partial charge in [0.25, 0.3) is 0 Å². The van der Waals surface area contributed by atoms with Crippen LogP contribution < -0.4 is 0 Å². The molecule has 25 heavy (non-hydrogen) atoms. The first-order valence-corrected chi connectivity index (χ1v) is 8.74. The minimum Gasteiger partial charge on any atom is -0.366 e. The zero-order valence-corrected chi connectivity index (χ0v) is 16.3. The van der Waals surface area contributed by atoms with E-state index in [2.05, 4.69) is 42.9 Å². The summed E-state index contributed by atoms with van der Waals surface area (Å²) < 4.78 is 3.07. The van der Waals surface area contributed by atoms with Crippen molar-refractivity contribution >= 4 is 49.9 Å². The highest BCUT2D eigenvalue weighted by Gasteiger charge is 2.15. The lowest BCUT2D eigenvalue weighted by atomic mass is 10.2. The van der Waals surface area contributed by atoms with Crippen LogP contribution in [0.15, 0.2) is 68.2 Å². The van der Waals surface area contributed by atoms with Crippen molar-refractivity contribution in [2.75, 3.05) is 14.1 Å². The molecule has 0 amide bonds. The van der Waals surface area contributed by atoms with Gasteiger partial charge in [-0.1, -0.05) is 34.1 Å². The van der Waals surface area contributed by atoms with Gasteiger partial charge < -0.3 is 9.47 Å². The molecule has 6 heteroatoms. The lowest BCUT2D eigenvalue weighted by Gasteiger charge is -2.11. The van der Waals surface area contributed by atoms with Crippen molar-refractivity contribution in [1.29, 1.82) is 0 Å². The lowest BCUT2D eigenvalue weighted by Crippen LogP contribution is -2.18. The number of fused-ring (bicyclic) bond motifs is 1. The number of azo groups is 1. The van der Waals surface area contributed by atoms with Gasteiger partial charge in [0.2, 0.25) is 0 Å². The summed E-state index contributed by atoms with van der Waals surface area (Å²) >= 11 is 3.43. The molecule has 0 atom stereocenters. The SMILES string of the molecule is C/C(=N\c1c(N=Nc2ccc(Br)cc2)c2ccccc2n1C)N(C)C. The zero-order chi connectivity index (χ0) is 18.0. The highest BCUT2D eigenvalue weighted by molar-refractivity contribution is 9.10. The number of halogens is 1. The molecule has 5 nitrogen and oxygen atoms in total. The molecule has 0 fully saturated rings. The van der Waals surface area contributed by atoms with Gasteiger partial charge >= 0.3 is 0 Å². The van der Waals surface area contributed by atoms with E-state index in [-0.39, 0.29) is 0 Å². The molecule has 2 aromatic carbocycles. The second-order valence-electron chi connectivity index (χ2n) is 5.98. The molecule has 0 radical (unpaired) electrons. The summed E-state index contributed by atoms with van der Waals surface area (Å²) in [4.78, 5) is 6.75. The molecule has 0 aliphatic rings. The van der Waals surface area contributed by atoms with Gasteiger partial charge in [0.15, 0.2) is 5.82 Å². The van der Waals surface area contributed by atoms with Gasteiger partial charge in [-0.15, -0.1) is 5.11 Å². The van der Waals surface area contributed by atoms with Crippen LogP contribution in [0.3, 0.4) is 0 Å². The summed E-state index contributed by atoms with van der Waals surface area (Å²) in [5, 5.41) is 9.97. The molecule has 0 aliphatic carbocycles. The molecular weight excluding hydrogens is 378 g/mol. The third-order valence-corrected chi connectivity index (χ3v) is 4.59. The quantitative estimate of drug-likeness (QED) is 0.305. The molecule has 3 rings (SSSR count). The minimum absolute atomic E-state index is 0.780. The molecular formula is C19H20BrN5. The molecule has 0 saturated heterocycles. The first-order valence-electron chi connectivity index (χ1n) is 7.94. The van der Waals surface area contributed by atoms with Crippen molar-refractivity contribution in [3.05, 3.63) is 53.0 Å². The van der Waals surface area contributed by atoms with E-state index in [0.717, 1.165) is 38.4 Å². The second-order valence-corrected chi connectivity index (χ2v) is 6.89. The van der Waals surface area contributed by atoms with Crippen molar-refractivity contribution in [2.45, 2.75) is 6.92 Å². The van der Waals surface area contributed by atoms with Crippen LogP contribution in [0.4, 0.5) is 17.2 Å². The van der Waals surface area contributed by atoms with Gasteiger partial charge in [0.1, 0.15) is 11.5 Å². The normalized spacial score (nSPS) is 12.3. The monoisotopic (exact) mass is 397 g/mol. The van der Waals surface area contributed by atoms with E-state index in [1.165, 1.54) is 0 Å². The van der Waals surface area contributed by atoms with Crippen LogP contribution in [0.2, 0.25) is 0 Å². The number of aliphatic imine (C=N–C) groups is 1. The largest absolute Gasteiger partial charge is 0.366 e. The Labute approximate surface area is 155 Å². The van der Waals surface area contributed by atoms with Crippen LogP contribution in [0.5, 0.6) is 0 Å². The van der Waals surface area contributed by atoms with Crippen LogP contribution in [0.25, 0.3) is 10.9 Å². The van der Waals surface area contributed by atoms with Crippen LogP contribution in [0.1, 0.15) is 6.92 Å². The van der Waals surface area contributed by atoms with Gasteiger partial charge in [-0.3, -0.25) is 0 Å². The number of nitrogens with zero attached hydrogens (tertiary/aromatic N) is 5. The van der Waals surface area contributed by atoms with Crippen LogP contribution >= 0.6 is 15.9 Å². The first-order chi connectivity index (χ1) is 12.0. The molecule has 0 N–H and O–H groups in total. The van der Waals surface area contributed by atoms with E-state index in [1.54, 1.807) is 0 Å². The molecule has 0 bridgehead atoms. The van der Waals surface area contributed by atoms with Gasteiger partial charge in [-0.05, 0) is 37.3 Å². The minimum atomic E-state index is 0.780. The number of aryl methyl sites for hydroxylation is 1. The molecule has 1 heterocycles. The number of amidine groups is 1. The fraction of sp³-hybridized carbons (Fsp3) is 0.211. The summed E-state index contributed by atoms with van der Waals surface area (Å²) in [5.74, 6) is 1.71. The van der Waals surface area contributed by atoms with Crippen molar-refractivity contribution < 1.29 is 0 Å². The molecule has 0 aliphatic heterocycles. The van der Waals surface area contributed by atoms with E-state index in [1.807, 2.05) is 69.4 Å². The number of para-hydroxylation sites is 1. The highest BCUT2D eigenvalue weighted by atomic mass is 79.9. The van der Waals surface area contributed by atoms with Gasteiger partial charge in [-0.25, -0.2) is 4.99 Å². The molecule has 0 spiro atoms. The van der Waals surface area contributed by atoms with Crippen LogP contribution in [-0.2, 0) is 7.05 Å². The fourth-order valence-electron chi connectivity index (χ4n) is 2.46. The Kier molecular flexibility index (Phi) is 4.99. The smallest absolute Gasteiger partial charge is 0.163 e. The predicted molar refractivity (Wildman–Crippen MR) is 108 cm³/mol. The average Bonchev–Trinajstić information content (AvgIpc) is 2.87. The third-order valence-electron chi connectivity index (χ3n) is 4.06. The van der Waals surface area contributed by atoms with E-state index in [0.29, 0.717) is 0 Å². The maximum Gasteiger partial charge on any atom is 0.163 e. The summed E-state index contributed by atoms with van der Waals surface area (Å²) in [6, 6.07) is 15.9. The number of aromatic nitrogens is 1. The maximum absolute atomic E-state index is 4.77. The van der Waals surface area contributed by atoms with E-state index in [4.69, 9.17) is 4.99 Å². The lowest BCUT2D eigenvalue weighted by molar-refractivity contribution is 0.618. The van der Waals surface area contributed by atoms with Crippen molar-refractivity contribution in [3.63, 3.8) is 0 Å². The first kappa shape index (κ1) is 17.4. The summed E-state index contributed by atoms with van der Waals surface area (Å²) in [7, 11) is 5.96. The number of hydrogen-bond acceptors (Lipinski definition) is 3. The Morgan fingerprint density at radius 1 is 1.00 bits per heavy atom. The highest BCUT2D eigenvalue weighted by Crippen LogP contribution is 2.39. The Bertz CT molecular complexity index is 952. The molecule has 0 saturated carbocycles. The fourth-order valence-corrected chi connectivity index (χ4v) is 2.72.